The van der Waals surface area contributed by atoms with Crippen LogP contribution in [0.5, 0.6) is 0 Å². The first-order valence-electron chi connectivity index (χ1n) is 4.40. The molecule has 2 aliphatic heterocycles. The molecule has 2 rings (SSSR count). The van der Waals surface area contributed by atoms with Crippen molar-refractivity contribution < 1.29 is 9.47 Å². The maximum Gasteiger partial charge on any atom is 0.0965 e. The molecule has 0 radical (unpaired) electrons. The average molecular weight is 156 g/mol. The number of hydrogen-bond acceptors (Lipinski definition) is 2. The van der Waals surface area contributed by atoms with Crippen LogP contribution in [-0.4, -0.2) is 24.9 Å². The Morgan fingerprint density at radius 1 is 1.27 bits per heavy atom. The van der Waals surface area contributed by atoms with Crippen LogP contribution in [-0.2, 0) is 9.47 Å². The van der Waals surface area contributed by atoms with E-state index < -0.39 is 0 Å². The standard InChI is InChI=1S/C9H16O2/c1-6-4-11-9(3)7(2)5-10-8(6)9/h6-8H,4-5H2,1-3H3/t6?,7?,8-,9-/m1/s1. The Hall–Kier alpha value is -0.0800. The van der Waals surface area contributed by atoms with Crippen molar-refractivity contribution in [2.45, 2.75) is 32.5 Å². The fourth-order valence-electron chi connectivity index (χ4n) is 2.21. The lowest BCUT2D eigenvalue weighted by Gasteiger charge is -2.26. The summed E-state index contributed by atoms with van der Waals surface area (Å²) in [6, 6.07) is 0. The summed E-state index contributed by atoms with van der Waals surface area (Å²) in [6.45, 7) is 8.32. The van der Waals surface area contributed by atoms with Gasteiger partial charge in [-0.3, -0.25) is 0 Å². The van der Waals surface area contributed by atoms with E-state index in [2.05, 4.69) is 20.8 Å². The van der Waals surface area contributed by atoms with Crippen LogP contribution in [0, 0.1) is 11.8 Å². The van der Waals surface area contributed by atoms with E-state index in [0.29, 0.717) is 17.9 Å². The summed E-state index contributed by atoms with van der Waals surface area (Å²) >= 11 is 0. The van der Waals surface area contributed by atoms with Crippen LogP contribution in [0.3, 0.4) is 0 Å². The van der Waals surface area contributed by atoms with E-state index in [-0.39, 0.29) is 5.60 Å². The highest BCUT2D eigenvalue weighted by Crippen LogP contribution is 2.43. The smallest absolute Gasteiger partial charge is 0.0965 e. The monoisotopic (exact) mass is 156 g/mol. The molecule has 2 saturated heterocycles. The highest BCUT2D eigenvalue weighted by atomic mass is 16.6. The number of ether oxygens (including phenoxy) is 2. The van der Waals surface area contributed by atoms with E-state index in [1.165, 1.54) is 0 Å². The number of rotatable bonds is 0. The zero-order chi connectivity index (χ0) is 8.06. The first kappa shape index (κ1) is 7.56. The van der Waals surface area contributed by atoms with Gasteiger partial charge in [-0.15, -0.1) is 0 Å². The molecule has 2 heteroatoms. The maximum absolute atomic E-state index is 5.76. The highest BCUT2D eigenvalue weighted by Gasteiger charge is 2.53. The molecule has 0 bridgehead atoms. The number of hydrogen-bond donors (Lipinski definition) is 0. The molecule has 0 amide bonds. The van der Waals surface area contributed by atoms with Gasteiger partial charge in [0, 0.05) is 11.8 Å². The summed E-state index contributed by atoms with van der Waals surface area (Å²) in [6.07, 6.45) is 0.345. The predicted molar refractivity (Wildman–Crippen MR) is 42.4 cm³/mol. The lowest BCUT2D eigenvalue weighted by molar-refractivity contribution is -0.0244. The summed E-state index contributed by atoms with van der Waals surface area (Å²) in [5.41, 5.74) is 0.0133. The third-order valence-electron chi connectivity index (χ3n) is 3.24. The molecule has 2 aliphatic rings. The zero-order valence-electron chi connectivity index (χ0n) is 7.46. The van der Waals surface area contributed by atoms with Gasteiger partial charge in [-0.1, -0.05) is 13.8 Å². The molecule has 4 atom stereocenters. The van der Waals surface area contributed by atoms with Gasteiger partial charge in [0.2, 0.25) is 0 Å². The Bertz CT molecular complexity index is 169. The van der Waals surface area contributed by atoms with E-state index in [9.17, 15) is 0 Å². The minimum absolute atomic E-state index is 0.0133. The summed E-state index contributed by atoms with van der Waals surface area (Å²) < 4.78 is 11.4. The Morgan fingerprint density at radius 2 is 2.00 bits per heavy atom. The van der Waals surface area contributed by atoms with E-state index in [1.54, 1.807) is 0 Å². The second-order valence-electron chi connectivity index (χ2n) is 4.13. The van der Waals surface area contributed by atoms with Crippen molar-refractivity contribution in [3.63, 3.8) is 0 Å². The van der Waals surface area contributed by atoms with E-state index in [0.717, 1.165) is 13.2 Å². The minimum atomic E-state index is 0.0133. The van der Waals surface area contributed by atoms with E-state index in [4.69, 9.17) is 9.47 Å². The van der Waals surface area contributed by atoms with Crippen LogP contribution in [0.25, 0.3) is 0 Å². The second kappa shape index (κ2) is 2.20. The molecular weight excluding hydrogens is 140 g/mol. The average Bonchev–Trinajstić information content (AvgIpc) is 2.39. The van der Waals surface area contributed by atoms with Crippen molar-refractivity contribution in [3.05, 3.63) is 0 Å². The van der Waals surface area contributed by atoms with Crippen LogP contribution in [0.15, 0.2) is 0 Å². The Labute approximate surface area is 67.9 Å². The van der Waals surface area contributed by atoms with Gasteiger partial charge in [-0.2, -0.15) is 0 Å². The van der Waals surface area contributed by atoms with Gasteiger partial charge < -0.3 is 9.47 Å². The predicted octanol–water partition coefficient (Wildman–Crippen LogP) is 1.45. The topological polar surface area (TPSA) is 18.5 Å². The van der Waals surface area contributed by atoms with Crippen LogP contribution >= 0.6 is 0 Å². The lowest BCUT2D eigenvalue weighted by atomic mass is 9.86. The van der Waals surface area contributed by atoms with Crippen molar-refractivity contribution >= 4 is 0 Å². The minimum Gasteiger partial charge on any atom is -0.374 e. The third-order valence-corrected chi connectivity index (χ3v) is 3.24. The molecular formula is C9H16O2. The molecule has 2 nitrogen and oxygen atoms in total. The molecule has 0 saturated carbocycles. The Kier molecular flexibility index (Phi) is 1.52. The fraction of sp³-hybridized carbons (Fsp3) is 1.00. The van der Waals surface area contributed by atoms with E-state index >= 15 is 0 Å². The summed E-state index contributed by atoms with van der Waals surface area (Å²) in [4.78, 5) is 0. The quantitative estimate of drug-likeness (QED) is 0.528. The SMILES string of the molecule is CC1CO[C@]2(C)C(C)CO[C@H]12. The second-order valence-corrected chi connectivity index (χ2v) is 4.13. The van der Waals surface area contributed by atoms with Gasteiger partial charge in [0.25, 0.3) is 0 Å². The molecule has 0 aliphatic carbocycles. The molecule has 2 fully saturated rings. The third kappa shape index (κ3) is 0.859. The van der Waals surface area contributed by atoms with Crippen molar-refractivity contribution in [2.75, 3.05) is 13.2 Å². The van der Waals surface area contributed by atoms with Crippen LogP contribution in [0.4, 0.5) is 0 Å². The largest absolute Gasteiger partial charge is 0.374 e. The summed E-state index contributed by atoms with van der Waals surface area (Å²) in [7, 11) is 0. The van der Waals surface area contributed by atoms with Crippen LogP contribution in [0.1, 0.15) is 20.8 Å². The van der Waals surface area contributed by atoms with Crippen molar-refractivity contribution in [2.24, 2.45) is 11.8 Å². The molecule has 0 N–H and O–H groups in total. The normalized spacial score (nSPS) is 56.5. The van der Waals surface area contributed by atoms with Gasteiger partial charge in [0.1, 0.15) is 0 Å². The van der Waals surface area contributed by atoms with Gasteiger partial charge in [0.15, 0.2) is 0 Å². The molecule has 2 heterocycles. The molecule has 2 unspecified atom stereocenters. The maximum atomic E-state index is 5.76. The summed E-state index contributed by atoms with van der Waals surface area (Å²) in [5.74, 6) is 1.13. The fourth-order valence-corrected chi connectivity index (χ4v) is 2.21. The highest BCUT2D eigenvalue weighted by molar-refractivity contribution is 5.01. The van der Waals surface area contributed by atoms with Gasteiger partial charge >= 0.3 is 0 Å². The van der Waals surface area contributed by atoms with Crippen molar-refractivity contribution in [3.8, 4) is 0 Å². The van der Waals surface area contributed by atoms with Crippen LogP contribution in [0.2, 0.25) is 0 Å². The van der Waals surface area contributed by atoms with E-state index in [1.807, 2.05) is 0 Å². The van der Waals surface area contributed by atoms with Crippen molar-refractivity contribution in [1.82, 2.24) is 0 Å². The number of fused-ring (bicyclic) bond motifs is 1. The lowest BCUT2D eigenvalue weighted by Crippen LogP contribution is -2.37. The molecule has 0 aromatic heterocycles. The van der Waals surface area contributed by atoms with Gasteiger partial charge in [0.05, 0.1) is 24.9 Å². The van der Waals surface area contributed by atoms with Gasteiger partial charge in [-0.05, 0) is 6.92 Å². The molecule has 0 spiro atoms. The first-order valence-corrected chi connectivity index (χ1v) is 4.40. The molecule has 0 aromatic carbocycles. The molecule has 0 aromatic rings. The molecule has 11 heavy (non-hydrogen) atoms. The summed E-state index contributed by atoms with van der Waals surface area (Å²) in [5, 5.41) is 0. The zero-order valence-corrected chi connectivity index (χ0v) is 7.46. The van der Waals surface area contributed by atoms with Gasteiger partial charge in [-0.25, -0.2) is 0 Å². The first-order chi connectivity index (χ1) is 5.14. The molecule has 64 valence electrons. The van der Waals surface area contributed by atoms with Crippen LogP contribution < -0.4 is 0 Å². The van der Waals surface area contributed by atoms with Crippen molar-refractivity contribution in [1.29, 1.82) is 0 Å². The Morgan fingerprint density at radius 3 is 2.64 bits per heavy atom. The Balaban J connectivity index is 2.23.